The Morgan fingerprint density at radius 3 is 2.37 bits per heavy atom. The minimum atomic E-state index is -0.694. The Kier molecular flexibility index (Phi) is 7.14. The fourth-order valence-electron chi connectivity index (χ4n) is 5.18. The number of rotatable bonds is 7. The van der Waals surface area contributed by atoms with Crippen molar-refractivity contribution in [3.05, 3.63) is 98.5 Å². The predicted octanol–water partition coefficient (Wildman–Crippen LogP) is 4.57. The highest BCUT2D eigenvalue weighted by Gasteiger charge is 2.56. The fraction of sp³-hybridized carbons (Fsp3) is 0.200. The number of methoxy groups -OCH3 is 1. The zero-order valence-electron chi connectivity index (χ0n) is 22.1. The molecule has 0 saturated carbocycles. The molecular formula is C30H25N3O6S2. The Morgan fingerprint density at radius 2 is 1.66 bits per heavy atom. The third-order valence-electron chi connectivity index (χ3n) is 7.18. The van der Waals surface area contributed by atoms with E-state index < -0.39 is 17.1 Å². The number of hydrogen-bond donors (Lipinski definition) is 2. The van der Waals surface area contributed by atoms with E-state index in [1.54, 1.807) is 43.5 Å². The van der Waals surface area contributed by atoms with Gasteiger partial charge in [0.05, 0.1) is 23.7 Å². The highest BCUT2D eigenvalue weighted by Crippen LogP contribution is 2.53. The lowest BCUT2D eigenvalue weighted by atomic mass is 9.83. The number of benzene rings is 3. The van der Waals surface area contributed by atoms with Gasteiger partial charge in [0.25, 0.3) is 5.91 Å². The zero-order chi connectivity index (χ0) is 28.7. The first-order valence-electron chi connectivity index (χ1n) is 12.8. The standard InChI is InChI=1S/C30H25N3O6S2/c1-16-5-3-4-6-21(16)31-22(34)15-39-20-11-7-17(8-12-20)23-24-26(40-27-25(23)41-30(37)32-27)29(36)33(28(24)35)18-9-13-19(38-2)14-10-18/h3-14,23-24,26H,15H2,1-2H3,(H,31,34)(H,32,37)/t23-,24-,26+/m0/s1. The first-order valence-corrected chi connectivity index (χ1v) is 14.5. The normalized spacial score (nSPS) is 19.5. The van der Waals surface area contributed by atoms with E-state index in [0.29, 0.717) is 22.2 Å². The molecule has 0 bridgehead atoms. The lowest BCUT2D eigenvalue weighted by Gasteiger charge is -2.29. The number of aromatic nitrogens is 1. The molecule has 2 aliphatic heterocycles. The van der Waals surface area contributed by atoms with E-state index in [0.717, 1.165) is 33.0 Å². The summed E-state index contributed by atoms with van der Waals surface area (Å²) in [5.41, 5.74) is 2.92. The van der Waals surface area contributed by atoms with Gasteiger partial charge in [-0.2, -0.15) is 0 Å². The van der Waals surface area contributed by atoms with Gasteiger partial charge in [-0.05, 0) is 60.5 Å². The molecule has 1 saturated heterocycles. The molecular weight excluding hydrogens is 562 g/mol. The maximum atomic E-state index is 13.8. The summed E-state index contributed by atoms with van der Waals surface area (Å²) in [5.74, 6) is -1.02. The molecule has 1 aromatic heterocycles. The van der Waals surface area contributed by atoms with Crippen molar-refractivity contribution in [2.75, 3.05) is 23.9 Å². The minimum absolute atomic E-state index is 0.175. The number of thioether (sulfide) groups is 1. The van der Waals surface area contributed by atoms with E-state index in [1.807, 2.05) is 43.3 Å². The van der Waals surface area contributed by atoms with Crippen LogP contribution in [0.2, 0.25) is 0 Å². The summed E-state index contributed by atoms with van der Waals surface area (Å²) in [6.45, 7) is 1.74. The fourth-order valence-corrected chi connectivity index (χ4v) is 7.70. The highest BCUT2D eigenvalue weighted by atomic mass is 32.2. The molecule has 0 spiro atoms. The lowest BCUT2D eigenvalue weighted by Crippen LogP contribution is -2.32. The molecule has 3 atom stereocenters. The van der Waals surface area contributed by atoms with Gasteiger partial charge >= 0.3 is 4.87 Å². The van der Waals surface area contributed by atoms with E-state index in [1.165, 1.54) is 16.7 Å². The first kappa shape index (κ1) is 26.9. The molecule has 0 unspecified atom stereocenters. The molecule has 11 heteroatoms. The molecule has 3 amide bonds. The summed E-state index contributed by atoms with van der Waals surface area (Å²) in [4.78, 5) is 56.7. The number of nitrogens with one attached hydrogen (secondary N) is 2. The molecule has 3 aromatic carbocycles. The van der Waals surface area contributed by atoms with Gasteiger partial charge in [-0.25, -0.2) is 4.90 Å². The van der Waals surface area contributed by atoms with E-state index in [2.05, 4.69) is 10.3 Å². The number of amides is 3. The summed E-state index contributed by atoms with van der Waals surface area (Å²) in [5, 5.41) is 2.76. The average Bonchev–Trinajstić information content (AvgIpc) is 3.47. The molecule has 41 heavy (non-hydrogen) atoms. The second kappa shape index (κ2) is 10.9. The monoisotopic (exact) mass is 587 g/mol. The Bertz CT molecular complexity index is 1700. The van der Waals surface area contributed by atoms with Crippen molar-refractivity contribution in [1.29, 1.82) is 0 Å². The van der Waals surface area contributed by atoms with Crippen LogP contribution in [0.25, 0.3) is 0 Å². The number of nitrogens with zero attached hydrogens (tertiary/aromatic N) is 1. The number of imide groups is 1. The molecule has 2 N–H and O–H groups in total. The van der Waals surface area contributed by atoms with E-state index in [9.17, 15) is 19.2 Å². The summed E-state index contributed by atoms with van der Waals surface area (Å²) < 4.78 is 10.9. The van der Waals surface area contributed by atoms with Crippen LogP contribution in [-0.2, 0) is 14.4 Å². The molecule has 6 rings (SSSR count). The number of H-pyrrole nitrogens is 1. The number of aryl methyl sites for hydroxylation is 1. The molecule has 0 aliphatic carbocycles. The maximum Gasteiger partial charge on any atom is 0.305 e. The number of thiazole rings is 1. The van der Waals surface area contributed by atoms with Gasteiger partial charge in [-0.1, -0.05) is 53.4 Å². The van der Waals surface area contributed by atoms with Crippen LogP contribution in [0.1, 0.15) is 21.9 Å². The average molecular weight is 588 g/mol. The van der Waals surface area contributed by atoms with Gasteiger partial charge in [-0.15, -0.1) is 0 Å². The molecule has 3 heterocycles. The SMILES string of the molecule is COc1ccc(N2C(=O)[C@H]3[C@H](c4ccc(OCC(=O)Nc5ccccc5C)cc4)c4sc(=O)[nH]c4S[C@H]3C2=O)cc1. The van der Waals surface area contributed by atoms with Crippen LogP contribution in [0.3, 0.4) is 0 Å². The van der Waals surface area contributed by atoms with Crippen LogP contribution in [-0.4, -0.2) is 41.7 Å². The van der Waals surface area contributed by atoms with E-state index in [4.69, 9.17) is 9.47 Å². The molecule has 1 fully saturated rings. The van der Waals surface area contributed by atoms with Crippen molar-refractivity contribution in [3.8, 4) is 11.5 Å². The van der Waals surface area contributed by atoms with Crippen LogP contribution in [0.4, 0.5) is 11.4 Å². The number of carbonyl (C=O) groups is 3. The number of anilines is 2. The van der Waals surface area contributed by atoms with E-state index in [-0.39, 0.29) is 29.2 Å². The Morgan fingerprint density at radius 1 is 0.951 bits per heavy atom. The number of para-hydroxylation sites is 1. The van der Waals surface area contributed by atoms with Crippen molar-refractivity contribution in [2.45, 2.75) is 23.1 Å². The van der Waals surface area contributed by atoms with Gasteiger partial charge in [-0.3, -0.25) is 19.2 Å². The topological polar surface area (TPSA) is 118 Å². The smallest absolute Gasteiger partial charge is 0.305 e. The quantitative estimate of drug-likeness (QED) is 0.304. The third-order valence-corrected chi connectivity index (χ3v) is 9.58. The van der Waals surface area contributed by atoms with Crippen molar-refractivity contribution >= 4 is 52.2 Å². The molecule has 2 aliphatic rings. The van der Waals surface area contributed by atoms with Crippen LogP contribution >= 0.6 is 23.1 Å². The van der Waals surface area contributed by atoms with Gasteiger partial charge in [0.2, 0.25) is 11.8 Å². The molecule has 9 nitrogen and oxygen atoms in total. The number of carbonyl (C=O) groups excluding carboxylic acids is 3. The number of hydrogen-bond acceptors (Lipinski definition) is 8. The van der Waals surface area contributed by atoms with Gasteiger partial charge < -0.3 is 19.8 Å². The lowest BCUT2D eigenvalue weighted by molar-refractivity contribution is -0.122. The summed E-state index contributed by atoms with van der Waals surface area (Å²) in [6.07, 6.45) is 0. The highest BCUT2D eigenvalue weighted by molar-refractivity contribution is 8.00. The Labute approximate surface area is 243 Å². The number of ether oxygens (including phenoxy) is 2. The van der Waals surface area contributed by atoms with Gasteiger partial charge in [0.15, 0.2) is 6.61 Å². The molecule has 0 radical (unpaired) electrons. The Balaban J connectivity index is 1.24. The maximum absolute atomic E-state index is 13.8. The van der Waals surface area contributed by atoms with Gasteiger partial charge in [0.1, 0.15) is 16.7 Å². The van der Waals surface area contributed by atoms with E-state index >= 15 is 0 Å². The van der Waals surface area contributed by atoms with Crippen LogP contribution < -0.4 is 24.6 Å². The number of aromatic amines is 1. The Hall–Kier alpha value is -4.35. The zero-order valence-corrected chi connectivity index (χ0v) is 23.7. The van der Waals surface area contributed by atoms with Crippen molar-refractivity contribution in [1.82, 2.24) is 4.98 Å². The van der Waals surface area contributed by atoms with Crippen molar-refractivity contribution in [2.24, 2.45) is 5.92 Å². The second-order valence-corrected chi connectivity index (χ2v) is 11.8. The van der Waals surface area contributed by atoms with Crippen molar-refractivity contribution in [3.63, 3.8) is 0 Å². The summed E-state index contributed by atoms with van der Waals surface area (Å²) in [6, 6.07) is 21.3. The van der Waals surface area contributed by atoms with Crippen LogP contribution in [0, 0.1) is 12.8 Å². The second-order valence-electron chi connectivity index (χ2n) is 9.68. The number of fused-ring (bicyclic) bond motifs is 2. The predicted molar refractivity (Wildman–Crippen MR) is 157 cm³/mol. The largest absolute Gasteiger partial charge is 0.497 e. The van der Waals surface area contributed by atoms with Crippen molar-refractivity contribution < 1.29 is 23.9 Å². The third kappa shape index (κ3) is 5.02. The first-order chi connectivity index (χ1) is 19.8. The molecule has 208 valence electrons. The summed E-state index contributed by atoms with van der Waals surface area (Å²) >= 11 is 2.28. The van der Waals surface area contributed by atoms with Crippen LogP contribution in [0.5, 0.6) is 11.5 Å². The summed E-state index contributed by atoms with van der Waals surface area (Å²) in [7, 11) is 1.55. The van der Waals surface area contributed by atoms with Gasteiger partial charge in [0, 0.05) is 16.5 Å². The molecule has 4 aromatic rings. The minimum Gasteiger partial charge on any atom is -0.497 e. The van der Waals surface area contributed by atoms with Crippen LogP contribution in [0.15, 0.2) is 82.6 Å².